The summed E-state index contributed by atoms with van der Waals surface area (Å²) < 4.78 is 28.2. The average Bonchev–Trinajstić information content (AvgIpc) is 3.20. The summed E-state index contributed by atoms with van der Waals surface area (Å²) in [6.45, 7) is 3.34. The molecule has 2 rings (SSSR count). The highest BCUT2D eigenvalue weighted by Crippen LogP contribution is 2.25. The fraction of sp³-hybridized carbons (Fsp3) is 0.625. The van der Waals surface area contributed by atoms with Crippen LogP contribution in [0.4, 0.5) is 14.5 Å². The van der Waals surface area contributed by atoms with Gasteiger partial charge in [0.05, 0.1) is 0 Å². The first-order valence-electron chi connectivity index (χ1n) is 7.54. The number of benzene rings is 1. The molecule has 4 heteroatoms. The lowest BCUT2D eigenvalue weighted by Crippen LogP contribution is -2.22. The molecule has 0 aliphatic heterocycles. The van der Waals surface area contributed by atoms with E-state index in [0.717, 1.165) is 19.3 Å². The summed E-state index contributed by atoms with van der Waals surface area (Å²) in [5.41, 5.74) is 0.772. The molecule has 0 aromatic heterocycles. The second-order valence-electron chi connectivity index (χ2n) is 5.69. The molecule has 0 radical (unpaired) electrons. The van der Waals surface area contributed by atoms with Gasteiger partial charge in [-0.25, -0.2) is 8.78 Å². The molecule has 1 aromatic carbocycles. The van der Waals surface area contributed by atoms with Gasteiger partial charge in [0.15, 0.2) is 0 Å². The topological polar surface area (TPSA) is 15.3 Å². The van der Waals surface area contributed by atoms with Crippen molar-refractivity contribution in [2.24, 2.45) is 0 Å². The Morgan fingerprint density at radius 1 is 1.20 bits per heavy atom. The van der Waals surface area contributed by atoms with E-state index in [9.17, 15) is 8.78 Å². The van der Waals surface area contributed by atoms with Crippen LogP contribution in [0.25, 0.3) is 0 Å². The third kappa shape index (κ3) is 4.17. The van der Waals surface area contributed by atoms with Crippen LogP contribution in [0.2, 0.25) is 0 Å². The summed E-state index contributed by atoms with van der Waals surface area (Å²) >= 11 is 0. The summed E-state index contributed by atoms with van der Waals surface area (Å²) in [6.07, 6.45) is 5.48. The van der Waals surface area contributed by atoms with Gasteiger partial charge < -0.3 is 10.2 Å². The lowest BCUT2D eigenvalue weighted by Gasteiger charge is -2.21. The van der Waals surface area contributed by atoms with Crippen LogP contribution in [0, 0.1) is 11.6 Å². The normalized spacial score (nSPS) is 14.6. The molecule has 0 saturated heterocycles. The van der Waals surface area contributed by atoms with E-state index in [1.54, 1.807) is 11.9 Å². The monoisotopic (exact) mass is 282 g/mol. The van der Waals surface area contributed by atoms with E-state index >= 15 is 0 Å². The Kier molecular flexibility index (Phi) is 5.35. The number of nitrogens with zero attached hydrogens (tertiary/aromatic N) is 1. The van der Waals surface area contributed by atoms with Gasteiger partial charge in [0.1, 0.15) is 17.3 Å². The van der Waals surface area contributed by atoms with Gasteiger partial charge in [-0.05, 0) is 37.0 Å². The van der Waals surface area contributed by atoms with Crippen molar-refractivity contribution < 1.29 is 8.78 Å². The first-order chi connectivity index (χ1) is 9.61. The standard InChI is InChI=1S/C16H24F2N2/c1-3-4-5-8-20(2)16-14(17)9-12(10-15(16)18)11-19-13-6-7-13/h9-10,13,19H,3-8,11H2,1-2H3. The highest BCUT2D eigenvalue weighted by atomic mass is 19.1. The Bertz CT molecular complexity index is 421. The summed E-state index contributed by atoms with van der Waals surface area (Å²) in [6, 6.07) is 3.44. The fourth-order valence-corrected chi connectivity index (χ4v) is 2.35. The lowest BCUT2D eigenvalue weighted by atomic mass is 10.1. The maximum absolute atomic E-state index is 14.1. The first-order valence-corrected chi connectivity index (χ1v) is 7.54. The van der Waals surface area contributed by atoms with E-state index in [1.165, 1.54) is 25.0 Å². The largest absolute Gasteiger partial charge is 0.370 e. The predicted molar refractivity (Wildman–Crippen MR) is 79.0 cm³/mol. The molecule has 2 nitrogen and oxygen atoms in total. The van der Waals surface area contributed by atoms with Crippen molar-refractivity contribution in [2.45, 2.75) is 51.6 Å². The zero-order chi connectivity index (χ0) is 14.5. The Balaban J connectivity index is 2.00. The zero-order valence-corrected chi connectivity index (χ0v) is 12.4. The van der Waals surface area contributed by atoms with Gasteiger partial charge in [-0.1, -0.05) is 19.8 Å². The summed E-state index contributed by atoms with van der Waals surface area (Å²) in [5.74, 6) is -0.923. The molecule has 0 bridgehead atoms. The number of rotatable bonds is 8. The van der Waals surface area contributed by atoms with Gasteiger partial charge >= 0.3 is 0 Å². The van der Waals surface area contributed by atoms with Crippen LogP contribution in [-0.4, -0.2) is 19.6 Å². The Morgan fingerprint density at radius 2 is 1.85 bits per heavy atom. The van der Waals surface area contributed by atoms with Gasteiger partial charge in [-0.2, -0.15) is 0 Å². The highest BCUT2D eigenvalue weighted by molar-refractivity contribution is 5.50. The molecule has 1 fully saturated rings. The molecule has 1 N–H and O–H groups in total. The maximum Gasteiger partial charge on any atom is 0.149 e. The summed E-state index contributed by atoms with van der Waals surface area (Å²) in [4.78, 5) is 1.68. The van der Waals surface area contributed by atoms with E-state index in [1.807, 2.05) is 0 Å². The van der Waals surface area contributed by atoms with Crippen molar-refractivity contribution in [1.29, 1.82) is 0 Å². The van der Waals surface area contributed by atoms with Crippen molar-refractivity contribution in [2.75, 3.05) is 18.5 Å². The number of anilines is 1. The van der Waals surface area contributed by atoms with Crippen LogP contribution in [0.3, 0.4) is 0 Å². The molecule has 0 unspecified atom stereocenters. The molecular formula is C16H24F2N2. The average molecular weight is 282 g/mol. The van der Waals surface area contributed by atoms with Crippen molar-refractivity contribution >= 4 is 5.69 Å². The third-order valence-electron chi connectivity index (χ3n) is 3.73. The summed E-state index contributed by atoms with van der Waals surface area (Å²) in [5, 5.41) is 3.27. The second kappa shape index (κ2) is 7.02. The number of hydrogen-bond donors (Lipinski definition) is 1. The minimum absolute atomic E-state index is 0.0938. The molecule has 1 aliphatic rings. The maximum atomic E-state index is 14.1. The molecule has 1 aromatic rings. The van der Waals surface area contributed by atoms with E-state index in [0.29, 0.717) is 24.7 Å². The molecule has 0 atom stereocenters. The van der Waals surface area contributed by atoms with E-state index < -0.39 is 11.6 Å². The van der Waals surface area contributed by atoms with E-state index in [4.69, 9.17) is 0 Å². The molecule has 0 heterocycles. The van der Waals surface area contributed by atoms with Crippen LogP contribution in [0.15, 0.2) is 12.1 Å². The number of halogens is 2. The van der Waals surface area contributed by atoms with Gasteiger partial charge in [-0.3, -0.25) is 0 Å². The molecule has 0 spiro atoms. The van der Waals surface area contributed by atoms with E-state index in [-0.39, 0.29) is 5.69 Å². The smallest absolute Gasteiger partial charge is 0.149 e. The second-order valence-corrected chi connectivity index (χ2v) is 5.69. The molecule has 112 valence electrons. The van der Waals surface area contributed by atoms with Crippen molar-refractivity contribution in [3.63, 3.8) is 0 Å². The predicted octanol–water partition coefficient (Wildman–Crippen LogP) is 3.84. The molecule has 0 amide bonds. The fourth-order valence-electron chi connectivity index (χ4n) is 2.35. The van der Waals surface area contributed by atoms with Crippen LogP contribution >= 0.6 is 0 Å². The van der Waals surface area contributed by atoms with Gasteiger partial charge in [0.25, 0.3) is 0 Å². The van der Waals surface area contributed by atoms with Crippen molar-refractivity contribution in [1.82, 2.24) is 5.32 Å². The number of hydrogen-bond acceptors (Lipinski definition) is 2. The number of nitrogens with one attached hydrogen (secondary N) is 1. The Morgan fingerprint density at radius 3 is 2.40 bits per heavy atom. The molecular weight excluding hydrogens is 258 g/mol. The van der Waals surface area contributed by atoms with Crippen LogP contribution < -0.4 is 10.2 Å². The van der Waals surface area contributed by atoms with Crippen molar-refractivity contribution in [3.05, 3.63) is 29.3 Å². The third-order valence-corrected chi connectivity index (χ3v) is 3.73. The molecule has 1 saturated carbocycles. The highest BCUT2D eigenvalue weighted by Gasteiger charge is 2.21. The Hall–Kier alpha value is -1.16. The molecule has 1 aliphatic carbocycles. The number of unbranched alkanes of at least 4 members (excludes halogenated alkanes) is 2. The van der Waals surface area contributed by atoms with Gasteiger partial charge in [0, 0.05) is 26.2 Å². The van der Waals surface area contributed by atoms with Gasteiger partial charge in [-0.15, -0.1) is 0 Å². The quantitative estimate of drug-likeness (QED) is 0.729. The SMILES string of the molecule is CCCCCN(C)c1c(F)cc(CNC2CC2)cc1F. The Labute approximate surface area is 120 Å². The van der Waals surface area contributed by atoms with Crippen LogP contribution in [0.5, 0.6) is 0 Å². The minimum atomic E-state index is -0.461. The molecule has 20 heavy (non-hydrogen) atoms. The van der Waals surface area contributed by atoms with E-state index in [2.05, 4.69) is 12.2 Å². The minimum Gasteiger partial charge on any atom is -0.370 e. The zero-order valence-electron chi connectivity index (χ0n) is 12.4. The van der Waals surface area contributed by atoms with Gasteiger partial charge in [0.2, 0.25) is 0 Å². The first kappa shape index (κ1) is 15.2. The van der Waals surface area contributed by atoms with Crippen molar-refractivity contribution in [3.8, 4) is 0 Å². The van der Waals surface area contributed by atoms with Crippen LogP contribution in [0.1, 0.15) is 44.6 Å². The van der Waals surface area contributed by atoms with Crippen LogP contribution in [-0.2, 0) is 6.54 Å². The lowest BCUT2D eigenvalue weighted by molar-refractivity contribution is 0.565. The summed E-state index contributed by atoms with van der Waals surface area (Å²) in [7, 11) is 1.75.